The number of aromatic hydroxyl groups is 1. The van der Waals surface area contributed by atoms with Gasteiger partial charge in [0.1, 0.15) is 12.7 Å². The van der Waals surface area contributed by atoms with Gasteiger partial charge in [0.15, 0.2) is 11.5 Å². The smallest absolute Gasteiger partial charge is 0.161 e. The molecule has 1 aromatic rings. The summed E-state index contributed by atoms with van der Waals surface area (Å²) in [6.45, 7) is 0.519. The van der Waals surface area contributed by atoms with Crippen LogP contribution in [-0.2, 0) is 4.74 Å². The number of rotatable bonds is 4. The van der Waals surface area contributed by atoms with Gasteiger partial charge >= 0.3 is 0 Å². The summed E-state index contributed by atoms with van der Waals surface area (Å²) in [6.07, 6.45) is 0.535. The van der Waals surface area contributed by atoms with E-state index in [-0.39, 0.29) is 11.9 Å². The summed E-state index contributed by atoms with van der Waals surface area (Å²) in [6, 6.07) is 6.96. The number of alkyl halides is 1. The summed E-state index contributed by atoms with van der Waals surface area (Å²) in [7, 11) is 0. The third kappa shape index (κ3) is 2.30. The fourth-order valence-electron chi connectivity index (χ4n) is 1.21. The predicted octanol–water partition coefficient (Wildman–Crippen LogP) is 1.97. The first-order chi connectivity index (χ1) is 6.81. The molecule has 1 N–H and O–H groups in total. The molecule has 1 heterocycles. The summed E-state index contributed by atoms with van der Waals surface area (Å²) in [5.41, 5.74) is 0. The van der Waals surface area contributed by atoms with Crippen molar-refractivity contribution < 1.29 is 14.6 Å². The number of phenols is 1. The molecule has 1 fully saturated rings. The number of ether oxygens (including phenoxy) is 2. The minimum Gasteiger partial charge on any atom is -0.504 e. The number of halogens is 1. The van der Waals surface area contributed by atoms with E-state index < -0.39 is 0 Å². The van der Waals surface area contributed by atoms with Gasteiger partial charge in [-0.15, -0.1) is 0 Å². The van der Waals surface area contributed by atoms with Gasteiger partial charge in [0.2, 0.25) is 0 Å². The highest BCUT2D eigenvalue weighted by Crippen LogP contribution is 2.28. The Morgan fingerprint density at radius 2 is 2.14 bits per heavy atom. The Morgan fingerprint density at radius 1 is 1.36 bits per heavy atom. The number of phenolic OH excluding ortho intramolecular Hbond substituents is 1. The summed E-state index contributed by atoms with van der Waals surface area (Å²) < 4.78 is 11.7. The van der Waals surface area contributed by atoms with Crippen LogP contribution >= 0.6 is 22.6 Å². The lowest BCUT2D eigenvalue weighted by atomic mass is 10.3. The molecule has 2 atom stereocenters. The van der Waals surface area contributed by atoms with Gasteiger partial charge in [-0.05, 0) is 12.1 Å². The highest BCUT2D eigenvalue weighted by Gasteiger charge is 2.38. The Labute approximate surface area is 96.2 Å². The van der Waals surface area contributed by atoms with E-state index in [1.807, 2.05) is 6.07 Å². The van der Waals surface area contributed by atoms with Crippen LogP contribution < -0.4 is 4.74 Å². The molecule has 2 rings (SSSR count). The molecular weight excluding hydrogens is 295 g/mol. The normalized spacial score (nSPS) is 24.6. The van der Waals surface area contributed by atoms with E-state index >= 15 is 0 Å². The van der Waals surface area contributed by atoms with E-state index in [2.05, 4.69) is 22.6 Å². The molecule has 0 aliphatic carbocycles. The van der Waals surface area contributed by atoms with Crippen LogP contribution in [0.5, 0.6) is 11.5 Å². The van der Waals surface area contributed by atoms with E-state index in [1.165, 1.54) is 0 Å². The second-order valence-electron chi connectivity index (χ2n) is 3.15. The summed E-state index contributed by atoms with van der Waals surface area (Å²) >= 11 is 2.29. The van der Waals surface area contributed by atoms with Crippen molar-refractivity contribution in [2.24, 2.45) is 0 Å². The van der Waals surface area contributed by atoms with E-state index in [0.717, 1.165) is 4.43 Å². The summed E-state index contributed by atoms with van der Waals surface area (Å²) in [4.78, 5) is 0. The zero-order valence-corrected chi connectivity index (χ0v) is 9.68. The summed E-state index contributed by atoms with van der Waals surface area (Å²) in [5.74, 6) is 0.703. The molecule has 2 unspecified atom stereocenters. The van der Waals surface area contributed by atoms with Gasteiger partial charge in [0.25, 0.3) is 0 Å². The van der Waals surface area contributed by atoms with Crippen LogP contribution in [0.25, 0.3) is 0 Å². The van der Waals surface area contributed by atoms with Crippen molar-refractivity contribution in [2.45, 2.75) is 12.2 Å². The standard InChI is InChI=1S/C10H11IO3/c11-5-9-10(14-9)6-13-8-4-2-1-3-7(8)12/h1-4,9-10,12H,5-6H2. The molecule has 1 aliphatic heterocycles. The number of hydrogen-bond donors (Lipinski definition) is 1. The van der Waals surface area contributed by atoms with E-state index in [1.54, 1.807) is 18.2 Å². The lowest BCUT2D eigenvalue weighted by molar-refractivity contribution is 0.252. The first-order valence-electron chi connectivity index (χ1n) is 4.43. The minimum atomic E-state index is 0.180. The van der Waals surface area contributed by atoms with E-state index in [0.29, 0.717) is 18.5 Å². The van der Waals surface area contributed by atoms with Crippen LogP contribution in [-0.4, -0.2) is 28.3 Å². The predicted molar refractivity (Wildman–Crippen MR) is 61.1 cm³/mol. The average molecular weight is 306 g/mol. The zero-order valence-electron chi connectivity index (χ0n) is 7.52. The zero-order chi connectivity index (χ0) is 9.97. The third-order valence-electron chi connectivity index (χ3n) is 2.11. The lowest BCUT2D eigenvalue weighted by Crippen LogP contribution is -2.08. The van der Waals surface area contributed by atoms with Gasteiger partial charge in [0.05, 0.1) is 6.10 Å². The van der Waals surface area contributed by atoms with Gasteiger partial charge < -0.3 is 14.6 Å². The molecule has 0 saturated carbocycles. The molecule has 3 nitrogen and oxygen atoms in total. The second kappa shape index (κ2) is 4.35. The lowest BCUT2D eigenvalue weighted by Gasteiger charge is -2.05. The number of benzene rings is 1. The Kier molecular flexibility index (Phi) is 3.12. The van der Waals surface area contributed by atoms with Crippen LogP contribution in [0.3, 0.4) is 0 Å². The molecule has 1 aliphatic rings. The largest absolute Gasteiger partial charge is 0.504 e. The minimum absolute atomic E-state index is 0.180. The van der Waals surface area contributed by atoms with Gasteiger partial charge in [-0.3, -0.25) is 0 Å². The molecule has 14 heavy (non-hydrogen) atoms. The Morgan fingerprint density at radius 3 is 2.79 bits per heavy atom. The molecule has 0 amide bonds. The van der Waals surface area contributed by atoms with Gasteiger partial charge in [0, 0.05) is 4.43 Å². The fraction of sp³-hybridized carbons (Fsp3) is 0.400. The first kappa shape index (κ1) is 10.0. The van der Waals surface area contributed by atoms with Crippen LogP contribution in [0.1, 0.15) is 0 Å². The van der Waals surface area contributed by atoms with Crippen LogP contribution in [0, 0.1) is 0 Å². The molecule has 1 saturated heterocycles. The van der Waals surface area contributed by atoms with Crippen molar-refractivity contribution in [1.29, 1.82) is 0 Å². The topological polar surface area (TPSA) is 42.0 Å². The molecular formula is C10H11IO3. The van der Waals surface area contributed by atoms with Gasteiger partial charge in [-0.2, -0.15) is 0 Å². The van der Waals surface area contributed by atoms with Gasteiger partial charge in [-0.1, -0.05) is 34.7 Å². The molecule has 0 bridgehead atoms. The van der Waals surface area contributed by atoms with Crippen LogP contribution in [0.4, 0.5) is 0 Å². The summed E-state index contributed by atoms with van der Waals surface area (Å²) in [5, 5.41) is 9.40. The molecule has 1 aromatic carbocycles. The van der Waals surface area contributed by atoms with Crippen molar-refractivity contribution >= 4 is 22.6 Å². The van der Waals surface area contributed by atoms with Crippen molar-refractivity contribution in [3.05, 3.63) is 24.3 Å². The number of hydrogen-bond acceptors (Lipinski definition) is 3. The SMILES string of the molecule is Oc1ccccc1OCC1OC1CI. The Hall–Kier alpha value is -0.490. The van der Waals surface area contributed by atoms with Crippen molar-refractivity contribution in [3.8, 4) is 11.5 Å². The van der Waals surface area contributed by atoms with Crippen LogP contribution in [0.2, 0.25) is 0 Å². The highest BCUT2D eigenvalue weighted by molar-refractivity contribution is 14.1. The van der Waals surface area contributed by atoms with E-state index in [4.69, 9.17) is 9.47 Å². The quantitative estimate of drug-likeness (QED) is 0.525. The highest BCUT2D eigenvalue weighted by atomic mass is 127. The maximum absolute atomic E-state index is 9.40. The Bertz CT molecular complexity index is 316. The second-order valence-corrected chi connectivity index (χ2v) is 4.03. The van der Waals surface area contributed by atoms with Gasteiger partial charge in [-0.25, -0.2) is 0 Å². The molecule has 0 radical (unpaired) electrons. The van der Waals surface area contributed by atoms with E-state index in [9.17, 15) is 5.11 Å². The number of epoxide rings is 1. The maximum Gasteiger partial charge on any atom is 0.161 e. The third-order valence-corrected chi connectivity index (χ3v) is 2.98. The van der Waals surface area contributed by atoms with Crippen molar-refractivity contribution in [2.75, 3.05) is 11.0 Å². The average Bonchev–Trinajstić information content (AvgIpc) is 2.95. The molecule has 0 spiro atoms. The maximum atomic E-state index is 9.40. The fourth-order valence-corrected chi connectivity index (χ4v) is 1.99. The first-order valence-corrected chi connectivity index (χ1v) is 5.96. The van der Waals surface area contributed by atoms with Crippen molar-refractivity contribution in [1.82, 2.24) is 0 Å². The Balaban J connectivity index is 1.84. The number of para-hydroxylation sites is 2. The molecule has 4 heteroatoms. The molecule has 0 aromatic heterocycles. The monoisotopic (exact) mass is 306 g/mol. The molecule has 76 valence electrons. The van der Waals surface area contributed by atoms with Crippen LogP contribution in [0.15, 0.2) is 24.3 Å². The van der Waals surface area contributed by atoms with Crippen molar-refractivity contribution in [3.63, 3.8) is 0 Å².